The van der Waals surface area contributed by atoms with Gasteiger partial charge in [0.05, 0.1) is 26.1 Å². The highest BCUT2D eigenvalue weighted by Crippen LogP contribution is 2.25. The summed E-state index contributed by atoms with van der Waals surface area (Å²) in [5.74, 6) is 0.905. The molecule has 1 amide bonds. The van der Waals surface area contributed by atoms with Gasteiger partial charge in [0.25, 0.3) is 0 Å². The van der Waals surface area contributed by atoms with Gasteiger partial charge in [0.1, 0.15) is 6.33 Å². The first-order valence-electron chi connectivity index (χ1n) is 8.48. The third-order valence-electron chi connectivity index (χ3n) is 4.44. The topological polar surface area (TPSA) is 96.6 Å². The highest BCUT2D eigenvalue weighted by Gasteiger charge is 2.28. The normalized spacial score (nSPS) is 18.1. The number of rotatable bonds is 6. The van der Waals surface area contributed by atoms with Crippen LogP contribution in [-0.4, -0.2) is 80.9 Å². The van der Waals surface area contributed by atoms with E-state index in [0.29, 0.717) is 32.8 Å². The first-order valence-corrected chi connectivity index (χ1v) is 8.48. The maximum Gasteiger partial charge on any atom is 0.219 e. The number of hydrogen-bond acceptors (Lipinski definition) is 7. The Balaban J connectivity index is 1.78. The minimum absolute atomic E-state index is 0.0150. The van der Waals surface area contributed by atoms with Crippen molar-refractivity contribution in [3.05, 3.63) is 12.7 Å². The van der Waals surface area contributed by atoms with Crippen molar-refractivity contribution in [2.75, 3.05) is 44.4 Å². The quantitative estimate of drug-likeness (QED) is 0.728. The first-order chi connectivity index (χ1) is 12.1. The number of piperazine rings is 1. The van der Waals surface area contributed by atoms with Gasteiger partial charge in [-0.1, -0.05) is 0 Å². The average Bonchev–Trinajstić information content (AvgIpc) is 3.02. The van der Waals surface area contributed by atoms with Crippen molar-refractivity contribution in [2.45, 2.75) is 26.4 Å². The van der Waals surface area contributed by atoms with Crippen LogP contribution in [-0.2, 0) is 16.1 Å². The molecule has 0 aromatic carbocycles. The van der Waals surface area contributed by atoms with Crippen molar-refractivity contribution in [3.63, 3.8) is 0 Å². The van der Waals surface area contributed by atoms with Crippen LogP contribution < -0.4 is 4.90 Å². The van der Waals surface area contributed by atoms with E-state index < -0.39 is 0 Å². The molecule has 1 fully saturated rings. The van der Waals surface area contributed by atoms with Gasteiger partial charge in [-0.25, -0.2) is 15.0 Å². The maximum atomic E-state index is 11.6. The number of hydrogen-bond donors (Lipinski definition) is 1. The number of anilines is 1. The Labute approximate surface area is 146 Å². The lowest BCUT2D eigenvalue weighted by Gasteiger charge is -2.40. The molecule has 136 valence electrons. The molecule has 3 heterocycles. The van der Waals surface area contributed by atoms with Gasteiger partial charge in [-0.15, -0.1) is 0 Å². The van der Waals surface area contributed by atoms with Crippen molar-refractivity contribution < 1.29 is 14.6 Å². The van der Waals surface area contributed by atoms with Gasteiger partial charge in [-0.05, 0) is 6.92 Å². The third kappa shape index (κ3) is 3.72. The second-order valence-corrected chi connectivity index (χ2v) is 6.15. The van der Waals surface area contributed by atoms with E-state index in [9.17, 15) is 4.79 Å². The molecule has 9 heteroatoms. The number of carbonyl (C=O) groups is 1. The number of aromatic nitrogens is 4. The molecule has 1 aliphatic rings. The summed E-state index contributed by atoms with van der Waals surface area (Å²) in [4.78, 5) is 28.9. The Kier molecular flexibility index (Phi) is 5.44. The van der Waals surface area contributed by atoms with Gasteiger partial charge in [0.2, 0.25) is 5.91 Å². The summed E-state index contributed by atoms with van der Waals surface area (Å²) in [5.41, 5.74) is 1.52. The van der Waals surface area contributed by atoms with E-state index in [1.165, 1.54) is 0 Å². The molecule has 1 N–H and O–H groups in total. The fourth-order valence-corrected chi connectivity index (χ4v) is 3.13. The molecule has 9 nitrogen and oxygen atoms in total. The third-order valence-corrected chi connectivity index (χ3v) is 4.44. The van der Waals surface area contributed by atoms with E-state index >= 15 is 0 Å². The van der Waals surface area contributed by atoms with E-state index in [1.807, 2.05) is 9.47 Å². The molecule has 0 radical (unpaired) electrons. The first kappa shape index (κ1) is 17.6. The van der Waals surface area contributed by atoms with Crippen LogP contribution in [0.3, 0.4) is 0 Å². The minimum atomic E-state index is 0.0150. The predicted octanol–water partition coefficient (Wildman–Crippen LogP) is -0.108. The van der Waals surface area contributed by atoms with Gasteiger partial charge in [-0.2, -0.15) is 0 Å². The zero-order chi connectivity index (χ0) is 17.8. The van der Waals surface area contributed by atoms with Crippen LogP contribution in [0.2, 0.25) is 0 Å². The summed E-state index contributed by atoms with van der Waals surface area (Å²) in [5, 5.41) is 8.76. The number of aliphatic hydroxyl groups excluding tert-OH is 1. The monoisotopic (exact) mass is 348 g/mol. The maximum absolute atomic E-state index is 11.6. The number of ether oxygens (including phenoxy) is 1. The zero-order valence-corrected chi connectivity index (χ0v) is 14.6. The Hall–Kier alpha value is -2.26. The highest BCUT2D eigenvalue weighted by molar-refractivity contribution is 5.83. The summed E-state index contributed by atoms with van der Waals surface area (Å²) in [6.45, 7) is 7.21. The molecule has 1 atom stereocenters. The molecule has 0 saturated carbocycles. The Bertz CT molecular complexity index is 734. The molecule has 2 aromatic rings. The molecule has 0 spiro atoms. The molecule has 0 aliphatic carbocycles. The van der Waals surface area contributed by atoms with Crippen molar-refractivity contribution in [2.24, 2.45) is 0 Å². The molecule has 25 heavy (non-hydrogen) atoms. The molecular weight excluding hydrogens is 324 g/mol. The van der Waals surface area contributed by atoms with Gasteiger partial charge >= 0.3 is 0 Å². The smallest absolute Gasteiger partial charge is 0.219 e. The van der Waals surface area contributed by atoms with Gasteiger partial charge < -0.3 is 24.2 Å². The fraction of sp³-hybridized carbons (Fsp3) is 0.625. The van der Waals surface area contributed by atoms with Gasteiger partial charge in [0.15, 0.2) is 17.0 Å². The Morgan fingerprint density at radius 1 is 1.32 bits per heavy atom. The number of fused-ring (bicyclic) bond motifs is 1. The SMILES string of the molecule is CC(=O)N1CCN(c2ncnc3c2ncn3CCOCCO)[C@H](C)C1. The molecule has 2 aromatic heterocycles. The number of carbonyl (C=O) groups excluding carboxylic acids is 1. The number of nitrogens with zero attached hydrogens (tertiary/aromatic N) is 6. The van der Waals surface area contributed by atoms with Crippen LogP contribution >= 0.6 is 0 Å². The molecule has 0 bridgehead atoms. The lowest BCUT2D eigenvalue weighted by molar-refractivity contribution is -0.129. The summed E-state index contributed by atoms with van der Waals surface area (Å²) in [7, 11) is 0. The summed E-state index contributed by atoms with van der Waals surface area (Å²) in [6.07, 6.45) is 3.29. The fourth-order valence-electron chi connectivity index (χ4n) is 3.13. The summed E-state index contributed by atoms with van der Waals surface area (Å²) >= 11 is 0. The molecule has 1 aliphatic heterocycles. The Morgan fingerprint density at radius 3 is 2.88 bits per heavy atom. The molecular formula is C16H24N6O3. The van der Waals surface area contributed by atoms with E-state index in [4.69, 9.17) is 9.84 Å². The molecule has 3 rings (SSSR count). The Morgan fingerprint density at radius 2 is 2.16 bits per heavy atom. The standard InChI is InChI=1S/C16H24N6O3/c1-12-9-20(13(2)24)3-4-22(12)16-14-15(17-10-18-16)21(11-19-14)5-7-25-8-6-23/h10-12,23H,3-9H2,1-2H3/t12-/m1/s1. The molecule has 1 saturated heterocycles. The lowest BCUT2D eigenvalue weighted by Crippen LogP contribution is -2.53. The van der Waals surface area contributed by atoms with E-state index in [0.717, 1.165) is 23.5 Å². The zero-order valence-electron chi connectivity index (χ0n) is 14.6. The van der Waals surface area contributed by atoms with Crippen LogP contribution in [0.15, 0.2) is 12.7 Å². The van der Waals surface area contributed by atoms with Crippen LogP contribution in [0.25, 0.3) is 11.2 Å². The van der Waals surface area contributed by atoms with Crippen molar-refractivity contribution in [1.29, 1.82) is 0 Å². The van der Waals surface area contributed by atoms with Gasteiger partial charge in [0, 0.05) is 39.1 Å². The van der Waals surface area contributed by atoms with E-state index in [2.05, 4.69) is 26.8 Å². The largest absolute Gasteiger partial charge is 0.394 e. The minimum Gasteiger partial charge on any atom is -0.394 e. The second-order valence-electron chi connectivity index (χ2n) is 6.15. The molecule has 0 unspecified atom stereocenters. The van der Waals surface area contributed by atoms with Crippen LogP contribution in [0.1, 0.15) is 13.8 Å². The number of imidazole rings is 1. The van der Waals surface area contributed by atoms with Crippen molar-refractivity contribution in [1.82, 2.24) is 24.4 Å². The second kappa shape index (κ2) is 7.75. The van der Waals surface area contributed by atoms with E-state index in [1.54, 1.807) is 19.6 Å². The highest BCUT2D eigenvalue weighted by atomic mass is 16.5. The lowest BCUT2D eigenvalue weighted by atomic mass is 10.2. The summed E-state index contributed by atoms with van der Waals surface area (Å²) < 4.78 is 7.24. The van der Waals surface area contributed by atoms with Crippen molar-refractivity contribution >= 4 is 22.9 Å². The number of amides is 1. The van der Waals surface area contributed by atoms with Crippen LogP contribution in [0.4, 0.5) is 5.82 Å². The van der Waals surface area contributed by atoms with Crippen molar-refractivity contribution in [3.8, 4) is 0 Å². The van der Waals surface area contributed by atoms with Gasteiger partial charge in [-0.3, -0.25) is 4.79 Å². The van der Waals surface area contributed by atoms with Crippen LogP contribution in [0, 0.1) is 0 Å². The number of aliphatic hydroxyl groups is 1. The predicted molar refractivity (Wildman–Crippen MR) is 92.3 cm³/mol. The average molecular weight is 348 g/mol. The summed E-state index contributed by atoms with van der Waals surface area (Å²) in [6, 6.07) is 0.161. The van der Waals surface area contributed by atoms with E-state index in [-0.39, 0.29) is 18.6 Å². The van der Waals surface area contributed by atoms with Crippen LogP contribution in [0.5, 0.6) is 0 Å².